The monoisotopic (exact) mass is 640 g/mol. The Labute approximate surface area is 271 Å². The average Bonchev–Trinajstić information content (AvgIpc) is 3.53. The summed E-state index contributed by atoms with van der Waals surface area (Å²) in [5.74, 6) is -0.812. The van der Waals surface area contributed by atoms with Crippen LogP contribution in [0, 0.1) is 28.1 Å². The summed E-state index contributed by atoms with van der Waals surface area (Å²) in [5.41, 5.74) is 4.80. The molecule has 44 heavy (non-hydrogen) atoms. The molecule has 2 saturated heterocycles. The fourth-order valence-electron chi connectivity index (χ4n) is 6.53. The van der Waals surface area contributed by atoms with Crippen molar-refractivity contribution in [2.45, 2.75) is 151 Å². The first-order valence-electron chi connectivity index (χ1n) is 16.6. The molecule has 2 heterocycles. The molecule has 0 bridgehead atoms. The molecule has 0 aliphatic carbocycles. The lowest BCUT2D eigenvalue weighted by atomic mass is 9.64. The number of nitrogens with two attached hydrogens (primary N) is 1. The first-order valence-corrected chi connectivity index (χ1v) is 17.0. The molecule has 0 aromatic carbocycles. The third kappa shape index (κ3) is 9.46. The number of rotatable bonds is 17. The molecule has 2 rings (SSSR count). The first-order chi connectivity index (χ1) is 20.3. The molecule has 0 spiro atoms. The van der Waals surface area contributed by atoms with Crippen molar-refractivity contribution in [3.8, 4) is 0 Å². The minimum absolute atomic E-state index is 0.0884. The van der Waals surface area contributed by atoms with Gasteiger partial charge in [0.05, 0.1) is 13.2 Å². The van der Waals surface area contributed by atoms with Crippen LogP contribution in [0.3, 0.4) is 0 Å². The second kappa shape index (κ2) is 15.8. The summed E-state index contributed by atoms with van der Waals surface area (Å²) in [6, 6.07) is -1.55. The van der Waals surface area contributed by atoms with E-state index in [2.05, 4.69) is 39.9 Å². The van der Waals surface area contributed by atoms with E-state index < -0.39 is 53.9 Å². The molecular weight excluding hydrogens is 580 g/mol. The van der Waals surface area contributed by atoms with Crippen LogP contribution in [0.5, 0.6) is 0 Å². The highest BCUT2D eigenvalue weighted by molar-refractivity contribution is 7.80. The highest BCUT2D eigenvalue weighted by atomic mass is 32.1. The maximum Gasteiger partial charge on any atom is 0.329 e. The molecule has 0 aromatic heterocycles. The lowest BCUT2D eigenvalue weighted by Gasteiger charge is -2.42. The quantitative estimate of drug-likeness (QED) is 0.156. The van der Waals surface area contributed by atoms with Gasteiger partial charge in [-0.25, -0.2) is 4.79 Å². The van der Waals surface area contributed by atoms with Crippen LogP contribution in [0.2, 0.25) is 0 Å². The average molecular weight is 641 g/mol. The maximum atomic E-state index is 13.9. The number of amides is 1. The van der Waals surface area contributed by atoms with E-state index in [1.165, 1.54) is 0 Å². The molecule has 0 radical (unpaired) electrons. The highest BCUT2D eigenvalue weighted by Gasteiger charge is 2.52. The fourth-order valence-corrected chi connectivity index (χ4v) is 6.89. The number of fused-ring (bicyclic) bond motifs is 1. The van der Waals surface area contributed by atoms with Crippen LogP contribution in [0.15, 0.2) is 0 Å². The summed E-state index contributed by atoms with van der Waals surface area (Å²) in [6.07, 6.45) is 1.56. The molecule has 2 fully saturated rings. The summed E-state index contributed by atoms with van der Waals surface area (Å²) < 4.78 is 23.3. The molecule has 2 aliphatic rings. The number of carbonyl (C=O) groups excluding carboxylic acids is 3. The normalized spacial score (nSPS) is 24.9. The summed E-state index contributed by atoms with van der Waals surface area (Å²) in [7, 11) is 0. The lowest BCUT2D eigenvalue weighted by molar-refractivity contribution is -0.159. The van der Waals surface area contributed by atoms with E-state index in [0.29, 0.717) is 25.7 Å². The Bertz CT molecular complexity index is 1010. The standard InChI is InChI=1S/C34H60N2O7S/c1-12-33(10,13-2)30(44)32(8,9)19-34(11,14-3)31(39)36-23(16-21(6)7)29(38)43-25-18-41-26-24(17-40-27(25)26)42-28(37)22(35)15-20(4)5/h20-27H,12-19,35H2,1-11H3,(H,36,39). The van der Waals surface area contributed by atoms with Gasteiger partial charge in [-0.3, -0.25) is 9.59 Å². The number of hydrogen-bond acceptors (Lipinski definition) is 9. The highest BCUT2D eigenvalue weighted by Crippen LogP contribution is 2.44. The molecule has 3 N–H and O–H groups in total. The van der Waals surface area contributed by atoms with Gasteiger partial charge < -0.3 is 30.0 Å². The zero-order valence-electron chi connectivity index (χ0n) is 29.1. The summed E-state index contributed by atoms with van der Waals surface area (Å²) in [4.78, 5) is 40.9. The van der Waals surface area contributed by atoms with E-state index in [9.17, 15) is 14.4 Å². The van der Waals surface area contributed by atoms with Crippen molar-refractivity contribution >= 4 is 34.9 Å². The van der Waals surface area contributed by atoms with Gasteiger partial charge in [-0.15, -0.1) is 0 Å². The van der Waals surface area contributed by atoms with Crippen LogP contribution in [-0.2, 0) is 33.3 Å². The molecule has 7 unspecified atom stereocenters. The Kier molecular flexibility index (Phi) is 13.8. The Hall–Kier alpha value is -1.62. The van der Waals surface area contributed by atoms with Gasteiger partial charge in [0.1, 0.15) is 24.3 Å². The van der Waals surface area contributed by atoms with Gasteiger partial charge in [-0.05, 0) is 61.2 Å². The third-order valence-corrected chi connectivity index (χ3v) is 10.8. The molecule has 0 saturated carbocycles. The Morgan fingerprint density at radius 3 is 1.70 bits per heavy atom. The molecular formula is C34H60N2O7S. The van der Waals surface area contributed by atoms with Crippen LogP contribution in [0.1, 0.15) is 115 Å². The number of hydrogen-bond donors (Lipinski definition) is 2. The Morgan fingerprint density at radius 1 is 0.818 bits per heavy atom. The maximum absolute atomic E-state index is 13.9. The molecule has 0 aromatic rings. The van der Waals surface area contributed by atoms with Gasteiger partial charge in [-0.1, -0.05) is 88.4 Å². The van der Waals surface area contributed by atoms with Gasteiger partial charge in [0, 0.05) is 10.3 Å². The predicted molar refractivity (Wildman–Crippen MR) is 176 cm³/mol. The fraction of sp³-hybridized carbons (Fsp3) is 0.882. The van der Waals surface area contributed by atoms with Crippen molar-refractivity contribution in [3.63, 3.8) is 0 Å². The van der Waals surface area contributed by atoms with Crippen LogP contribution in [0.4, 0.5) is 0 Å². The zero-order valence-corrected chi connectivity index (χ0v) is 29.9. The van der Waals surface area contributed by atoms with Crippen molar-refractivity contribution in [2.75, 3.05) is 13.2 Å². The molecule has 254 valence electrons. The van der Waals surface area contributed by atoms with Crippen LogP contribution < -0.4 is 11.1 Å². The van der Waals surface area contributed by atoms with E-state index in [1.807, 2.05) is 41.5 Å². The number of esters is 2. The van der Waals surface area contributed by atoms with Crippen molar-refractivity contribution in [3.05, 3.63) is 0 Å². The molecule has 10 heteroatoms. The van der Waals surface area contributed by atoms with E-state index in [0.717, 1.165) is 17.7 Å². The van der Waals surface area contributed by atoms with Crippen molar-refractivity contribution in [1.82, 2.24) is 5.32 Å². The number of thiocarbonyl (C=S) groups is 1. The second-order valence-corrected chi connectivity index (χ2v) is 15.4. The smallest absolute Gasteiger partial charge is 0.329 e. The molecule has 1 amide bonds. The third-order valence-electron chi connectivity index (χ3n) is 9.71. The van der Waals surface area contributed by atoms with Gasteiger partial charge >= 0.3 is 11.9 Å². The molecule has 9 nitrogen and oxygen atoms in total. The van der Waals surface area contributed by atoms with Crippen molar-refractivity contribution < 1.29 is 33.3 Å². The lowest BCUT2D eigenvalue weighted by Crippen LogP contribution is -2.51. The summed E-state index contributed by atoms with van der Waals surface area (Å²) in [6.45, 7) is 23.0. The topological polar surface area (TPSA) is 126 Å². The van der Waals surface area contributed by atoms with E-state index in [1.54, 1.807) is 0 Å². The van der Waals surface area contributed by atoms with Crippen molar-refractivity contribution in [1.29, 1.82) is 0 Å². The van der Waals surface area contributed by atoms with Crippen LogP contribution in [-0.4, -0.2) is 72.4 Å². The Morgan fingerprint density at radius 2 is 1.27 bits per heavy atom. The van der Waals surface area contributed by atoms with E-state index >= 15 is 0 Å². The summed E-state index contributed by atoms with van der Waals surface area (Å²) >= 11 is 6.03. The zero-order chi connectivity index (χ0) is 33.6. The van der Waals surface area contributed by atoms with Gasteiger partial charge in [-0.2, -0.15) is 0 Å². The van der Waals surface area contributed by atoms with Gasteiger partial charge in [0.25, 0.3) is 0 Å². The SMILES string of the molecule is CCC(C)(CC(C)(C)C(=S)C(C)(CC)CC)C(=O)NC(CC(C)C)C(=O)OC1COC2C(OC(=O)C(N)CC(C)C)COC12. The Balaban J connectivity index is 2.11. The van der Waals surface area contributed by atoms with Gasteiger partial charge in [0.2, 0.25) is 5.91 Å². The number of carbonyl (C=O) groups is 3. The van der Waals surface area contributed by atoms with Crippen LogP contribution in [0.25, 0.3) is 0 Å². The second-order valence-electron chi connectivity index (χ2n) is 15.0. The van der Waals surface area contributed by atoms with Crippen LogP contribution >= 0.6 is 12.2 Å². The minimum Gasteiger partial charge on any atom is -0.456 e. The molecule has 2 aliphatic heterocycles. The predicted octanol–water partition coefficient (Wildman–Crippen LogP) is 5.54. The molecule has 7 atom stereocenters. The number of ether oxygens (including phenoxy) is 4. The summed E-state index contributed by atoms with van der Waals surface area (Å²) in [5, 5.41) is 3.04. The number of nitrogens with one attached hydrogen (secondary N) is 1. The van der Waals surface area contributed by atoms with E-state index in [-0.39, 0.29) is 41.8 Å². The van der Waals surface area contributed by atoms with Crippen molar-refractivity contribution in [2.24, 2.45) is 33.8 Å². The van der Waals surface area contributed by atoms with Gasteiger partial charge in [0.15, 0.2) is 12.2 Å². The largest absolute Gasteiger partial charge is 0.456 e. The van der Waals surface area contributed by atoms with E-state index in [4.69, 9.17) is 36.9 Å². The minimum atomic E-state index is -0.830. The first kappa shape index (κ1) is 38.6.